The summed E-state index contributed by atoms with van der Waals surface area (Å²) in [4.78, 5) is 9.81. The van der Waals surface area contributed by atoms with Crippen LogP contribution in [0.2, 0.25) is 0 Å². The van der Waals surface area contributed by atoms with Crippen molar-refractivity contribution in [3.63, 3.8) is 0 Å². The summed E-state index contributed by atoms with van der Waals surface area (Å²) in [5.74, 6) is 0.329. The number of aldehydes is 1. The second kappa shape index (κ2) is 56.2. The zero-order chi connectivity index (χ0) is 28.9. The minimum Gasteiger partial charge on any atom is -1.00 e. The summed E-state index contributed by atoms with van der Waals surface area (Å²) >= 11 is 12.7. The van der Waals surface area contributed by atoms with Crippen molar-refractivity contribution in [2.45, 2.75) is 40.5 Å². The van der Waals surface area contributed by atoms with Crippen LogP contribution < -0.4 is 29.6 Å². The van der Waals surface area contributed by atoms with Crippen molar-refractivity contribution in [3.05, 3.63) is 24.3 Å². The third-order valence-electron chi connectivity index (χ3n) is 2.87. The van der Waals surface area contributed by atoms with Crippen molar-refractivity contribution < 1.29 is 64.9 Å². The Balaban J connectivity index is -0.0000000449. The fraction of sp³-hybridized carbons (Fsp3) is 0.800. The Morgan fingerprint density at radius 2 is 1.42 bits per heavy atom. The minimum atomic E-state index is 0. The summed E-state index contributed by atoms with van der Waals surface area (Å²) in [6.45, 7) is 19.0. The predicted octanol–water partition coefficient (Wildman–Crippen LogP) is 2.84. The normalized spacial score (nSPS) is 11.8. The molecule has 218 valence electrons. The molecule has 0 saturated carbocycles. The van der Waals surface area contributed by atoms with Crippen LogP contribution in [0.15, 0.2) is 24.3 Å². The zero-order valence-corrected chi connectivity index (χ0v) is 29.4. The number of hydrogen-bond donors (Lipinski definition) is 2. The van der Waals surface area contributed by atoms with Crippen molar-refractivity contribution in [1.82, 2.24) is 0 Å². The molecule has 0 aromatic rings. The summed E-state index contributed by atoms with van der Waals surface area (Å²) in [6.07, 6.45) is 3.43. The third-order valence-corrected chi connectivity index (χ3v) is 3.83. The van der Waals surface area contributed by atoms with Crippen LogP contribution in [0.5, 0.6) is 0 Å². The molecule has 0 aliphatic carbocycles. The molecule has 0 aromatic carbocycles. The van der Waals surface area contributed by atoms with Gasteiger partial charge in [0.25, 0.3) is 0 Å². The Kier molecular flexibility index (Phi) is 83.2. The van der Waals surface area contributed by atoms with Crippen molar-refractivity contribution in [2.24, 2.45) is 11.8 Å². The second-order valence-electron chi connectivity index (χ2n) is 7.21. The molecule has 2 N–H and O–H groups in total. The average Bonchev–Trinajstić information content (AvgIpc) is 3.42. The first kappa shape index (κ1) is 53.3. The minimum absolute atomic E-state index is 0. The van der Waals surface area contributed by atoms with Crippen LogP contribution in [0, 0.1) is 11.8 Å². The van der Waals surface area contributed by atoms with E-state index in [0.717, 1.165) is 37.5 Å². The number of methoxy groups -OCH3 is 3. The van der Waals surface area contributed by atoms with Gasteiger partial charge in [-0.05, 0) is 26.7 Å². The number of alkyl halides is 3. The molecule has 1 saturated heterocycles. The van der Waals surface area contributed by atoms with E-state index < -0.39 is 0 Å². The number of ether oxygens (including phenoxy) is 4. The van der Waals surface area contributed by atoms with Crippen molar-refractivity contribution in [2.75, 3.05) is 78.7 Å². The fourth-order valence-corrected chi connectivity index (χ4v) is 1.40. The summed E-state index contributed by atoms with van der Waals surface area (Å²) in [6, 6.07) is 0. The maximum absolute atomic E-state index is 9.81. The van der Waals surface area contributed by atoms with E-state index in [4.69, 9.17) is 47.6 Å². The molecule has 0 radical (unpaired) electrons. The van der Waals surface area contributed by atoms with Gasteiger partial charge in [-0.3, -0.25) is 0 Å². The standard InChI is InChI=1S/C5H12O2.C5H10O2.C5H10O.C4H7Br.C4H8O.CH2Cl2.CH4O.Na.H/c2*1-5(3-6)4-7-2;1-5(2)4-6-3;1-4(2)3-5;1-2-4-5-3-1;2-1-3;1-2;;/h5-6H,3-4H2,1-2H3;3,5H,4H2,1-2H3;1,4H2,2-3H3;1,3H2,2H3;1-4H2;1H2;2H,1H3;;/q;;;;;;;+1;-1. The van der Waals surface area contributed by atoms with E-state index in [1.807, 2.05) is 27.7 Å². The van der Waals surface area contributed by atoms with E-state index in [2.05, 4.69) is 33.8 Å². The van der Waals surface area contributed by atoms with Gasteiger partial charge in [0.1, 0.15) is 6.29 Å². The van der Waals surface area contributed by atoms with Crippen LogP contribution in [-0.4, -0.2) is 95.2 Å². The Morgan fingerprint density at radius 1 is 1.03 bits per heavy atom. The molecule has 1 aliphatic heterocycles. The molecule has 1 heterocycles. The van der Waals surface area contributed by atoms with E-state index >= 15 is 0 Å². The van der Waals surface area contributed by atoms with Crippen molar-refractivity contribution in [1.29, 1.82) is 0 Å². The molecule has 0 bridgehead atoms. The van der Waals surface area contributed by atoms with E-state index in [1.165, 1.54) is 18.4 Å². The number of allylic oxidation sites excluding steroid dienone is 1. The first-order valence-electron chi connectivity index (χ1n) is 11.1. The smallest absolute Gasteiger partial charge is 1.00 e. The molecule has 0 aromatic heterocycles. The number of carbonyl (C=O) groups excluding carboxylic acids is 1. The van der Waals surface area contributed by atoms with Crippen LogP contribution in [0.3, 0.4) is 0 Å². The van der Waals surface area contributed by atoms with Crippen LogP contribution in [0.4, 0.5) is 0 Å². The molecule has 7 nitrogen and oxygen atoms in total. The van der Waals surface area contributed by atoms with Gasteiger partial charge < -0.3 is 35.4 Å². The first-order valence-corrected chi connectivity index (χ1v) is 13.3. The molecular formula is C25H54BrCl2NaO7. The third kappa shape index (κ3) is 91.8. The van der Waals surface area contributed by atoms with Gasteiger partial charge in [-0.15, -0.1) is 23.2 Å². The van der Waals surface area contributed by atoms with Gasteiger partial charge >= 0.3 is 29.6 Å². The average molecular weight is 641 g/mol. The van der Waals surface area contributed by atoms with E-state index in [-0.39, 0.29) is 54.8 Å². The number of hydrogen-bond acceptors (Lipinski definition) is 7. The molecule has 1 rings (SSSR count). The van der Waals surface area contributed by atoms with Crippen LogP contribution in [0.25, 0.3) is 0 Å². The molecule has 0 spiro atoms. The van der Waals surface area contributed by atoms with E-state index in [0.29, 0.717) is 19.8 Å². The Morgan fingerprint density at radius 3 is 1.50 bits per heavy atom. The van der Waals surface area contributed by atoms with Crippen LogP contribution >= 0.6 is 39.1 Å². The molecule has 36 heavy (non-hydrogen) atoms. The van der Waals surface area contributed by atoms with E-state index in [1.54, 1.807) is 21.3 Å². The Labute approximate surface area is 264 Å². The molecule has 1 fully saturated rings. The van der Waals surface area contributed by atoms with Crippen LogP contribution in [0.1, 0.15) is 42.0 Å². The monoisotopic (exact) mass is 638 g/mol. The molecule has 2 unspecified atom stereocenters. The van der Waals surface area contributed by atoms with Gasteiger partial charge in [0.15, 0.2) is 0 Å². The Bertz CT molecular complexity index is 392. The summed E-state index contributed by atoms with van der Waals surface area (Å²) in [5, 5.41) is 16.5. The van der Waals surface area contributed by atoms with Crippen molar-refractivity contribution in [3.8, 4) is 0 Å². The van der Waals surface area contributed by atoms with Gasteiger partial charge in [0, 0.05) is 65.4 Å². The van der Waals surface area contributed by atoms with Gasteiger partial charge in [-0.2, -0.15) is 0 Å². The molecule has 2 atom stereocenters. The number of aliphatic hydroxyl groups is 2. The van der Waals surface area contributed by atoms with Gasteiger partial charge in [-0.1, -0.05) is 54.1 Å². The van der Waals surface area contributed by atoms with Gasteiger partial charge in [0.05, 0.1) is 25.2 Å². The van der Waals surface area contributed by atoms with E-state index in [9.17, 15) is 4.79 Å². The Hall–Kier alpha value is 0.970. The second-order valence-corrected chi connectivity index (χ2v) is 8.58. The van der Waals surface area contributed by atoms with Crippen LogP contribution in [-0.2, 0) is 23.7 Å². The number of rotatable bonds is 9. The number of halogens is 3. The summed E-state index contributed by atoms with van der Waals surface area (Å²) in [5.41, 5.74) is 2.24. The summed E-state index contributed by atoms with van der Waals surface area (Å²) < 4.78 is 19.0. The molecule has 0 amide bonds. The quantitative estimate of drug-likeness (QED) is 0.173. The van der Waals surface area contributed by atoms with Crippen molar-refractivity contribution >= 4 is 45.4 Å². The first-order chi connectivity index (χ1) is 16.6. The molecule has 1 aliphatic rings. The predicted molar refractivity (Wildman–Crippen MR) is 156 cm³/mol. The summed E-state index contributed by atoms with van der Waals surface area (Å²) in [7, 11) is 5.88. The largest absolute Gasteiger partial charge is 1.00 e. The number of carbonyl (C=O) groups is 1. The molecular weight excluding hydrogens is 586 g/mol. The zero-order valence-electron chi connectivity index (χ0n) is 25.3. The maximum atomic E-state index is 9.81. The topological polar surface area (TPSA) is 94.5 Å². The van der Waals surface area contributed by atoms with Gasteiger partial charge in [-0.25, -0.2) is 0 Å². The fourth-order valence-electron chi connectivity index (χ4n) is 1.40. The number of aliphatic hydroxyl groups excluding tert-OH is 2. The molecule has 11 heteroatoms. The maximum Gasteiger partial charge on any atom is 1.00 e. The SMILES string of the molecule is C1CCOC1.C=C(C)CBr.C=C(C)COC.CO.COCC(C)C=O.COCC(C)CO.ClCCl.[H-].[Na+]. The van der Waals surface area contributed by atoms with Gasteiger partial charge in [0.2, 0.25) is 0 Å².